The normalized spacial score (nSPS) is 10.2. The molecule has 3 heteroatoms. The first-order valence-electron chi connectivity index (χ1n) is 5.55. The summed E-state index contributed by atoms with van der Waals surface area (Å²) in [6.07, 6.45) is 0. The van der Waals surface area contributed by atoms with Crippen LogP contribution in [0.2, 0.25) is 0 Å². The minimum absolute atomic E-state index is 0.220. The number of nitrogens with one attached hydrogen (secondary N) is 1. The lowest BCUT2D eigenvalue weighted by atomic mass is 10.1. The highest BCUT2D eigenvalue weighted by Crippen LogP contribution is 2.11. The number of halogens is 1. The van der Waals surface area contributed by atoms with E-state index in [2.05, 4.69) is 5.32 Å². The van der Waals surface area contributed by atoms with E-state index in [0.29, 0.717) is 6.54 Å². The average molecular weight is 230 g/mol. The van der Waals surface area contributed by atoms with E-state index in [1.54, 1.807) is 12.1 Å². The van der Waals surface area contributed by atoms with Gasteiger partial charge in [0.05, 0.1) is 0 Å². The number of hydrogen-bond acceptors (Lipinski definition) is 2. The van der Waals surface area contributed by atoms with Crippen LogP contribution in [-0.2, 0) is 13.1 Å². The Balaban J connectivity index is 1.95. The number of hydrogen-bond donors (Lipinski definition) is 2. The van der Waals surface area contributed by atoms with Crippen molar-refractivity contribution in [2.75, 3.05) is 5.32 Å². The summed E-state index contributed by atoms with van der Waals surface area (Å²) < 4.78 is 12.7. The summed E-state index contributed by atoms with van der Waals surface area (Å²) >= 11 is 0. The zero-order valence-electron chi connectivity index (χ0n) is 9.49. The Labute approximate surface area is 100 Å². The summed E-state index contributed by atoms with van der Waals surface area (Å²) in [6, 6.07) is 14.5. The molecule has 0 aromatic heterocycles. The molecule has 17 heavy (non-hydrogen) atoms. The second-order valence-electron chi connectivity index (χ2n) is 3.88. The van der Waals surface area contributed by atoms with Crippen molar-refractivity contribution in [1.82, 2.24) is 0 Å². The van der Waals surface area contributed by atoms with Crippen molar-refractivity contribution < 1.29 is 4.39 Å². The highest BCUT2D eigenvalue weighted by Gasteiger charge is 1.95. The molecule has 0 spiro atoms. The molecule has 2 aromatic rings. The number of anilines is 1. The highest BCUT2D eigenvalue weighted by molar-refractivity contribution is 5.43. The van der Waals surface area contributed by atoms with E-state index < -0.39 is 0 Å². The smallest absolute Gasteiger partial charge is 0.123 e. The van der Waals surface area contributed by atoms with Crippen molar-refractivity contribution in [2.24, 2.45) is 5.73 Å². The standard InChI is InChI=1S/C14H15FN2/c15-13-5-7-14(8-6-13)17-10-12-3-1-11(9-16)2-4-12/h1-8,17H,9-10,16H2. The third-order valence-electron chi connectivity index (χ3n) is 2.60. The molecule has 2 nitrogen and oxygen atoms in total. The quantitative estimate of drug-likeness (QED) is 0.847. The Morgan fingerprint density at radius 1 is 0.882 bits per heavy atom. The van der Waals surface area contributed by atoms with Gasteiger partial charge in [0.1, 0.15) is 5.82 Å². The van der Waals surface area contributed by atoms with E-state index in [9.17, 15) is 4.39 Å². The molecule has 0 saturated carbocycles. The Morgan fingerprint density at radius 2 is 1.47 bits per heavy atom. The minimum Gasteiger partial charge on any atom is -0.381 e. The van der Waals surface area contributed by atoms with Crippen molar-refractivity contribution in [3.63, 3.8) is 0 Å². The number of benzene rings is 2. The maximum absolute atomic E-state index is 12.7. The fourth-order valence-electron chi connectivity index (χ4n) is 1.57. The van der Waals surface area contributed by atoms with Crippen molar-refractivity contribution >= 4 is 5.69 Å². The van der Waals surface area contributed by atoms with Gasteiger partial charge in [-0.3, -0.25) is 0 Å². The van der Waals surface area contributed by atoms with Crippen LogP contribution in [0.4, 0.5) is 10.1 Å². The van der Waals surface area contributed by atoms with Crippen LogP contribution in [-0.4, -0.2) is 0 Å². The van der Waals surface area contributed by atoms with E-state index in [0.717, 1.165) is 17.8 Å². The second kappa shape index (κ2) is 5.46. The summed E-state index contributed by atoms with van der Waals surface area (Å²) in [4.78, 5) is 0. The summed E-state index contributed by atoms with van der Waals surface area (Å²) in [6.45, 7) is 1.28. The molecule has 0 heterocycles. The average Bonchev–Trinajstić information content (AvgIpc) is 2.39. The Kier molecular flexibility index (Phi) is 3.73. The molecule has 2 rings (SSSR count). The van der Waals surface area contributed by atoms with Gasteiger partial charge in [-0.1, -0.05) is 24.3 Å². The zero-order chi connectivity index (χ0) is 12.1. The van der Waals surface area contributed by atoms with Gasteiger partial charge < -0.3 is 11.1 Å². The lowest BCUT2D eigenvalue weighted by Crippen LogP contribution is -2.00. The molecular formula is C14H15FN2. The molecule has 0 saturated heterocycles. The van der Waals surface area contributed by atoms with Gasteiger partial charge in [-0.15, -0.1) is 0 Å². The van der Waals surface area contributed by atoms with Gasteiger partial charge in [-0.05, 0) is 35.4 Å². The van der Waals surface area contributed by atoms with Crippen LogP contribution in [0.3, 0.4) is 0 Å². The Bertz CT molecular complexity index is 463. The first-order chi connectivity index (χ1) is 8.28. The molecule has 0 aliphatic heterocycles. The van der Waals surface area contributed by atoms with Crippen LogP contribution in [0, 0.1) is 5.82 Å². The highest BCUT2D eigenvalue weighted by atomic mass is 19.1. The van der Waals surface area contributed by atoms with Gasteiger partial charge in [0.2, 0.25) is 0 Å². The topological polar surface area (TPSA) is 38.0 Å². The molecule has 0 atom stereocenters. The molecule has 0 unspecified atom stereocenters. The monoisotopic (exact) mass is 230 g/mol. The van der Waals surface area contributed by atoms with Crippen LogP contribution in [0.15, 0.2) is 48.5 Å². The SMILES string of the molecule is NCc1ccc(CNc2ccc(F)cc2)cc1. The first-order valence-corrected chi connectivity index (χ1v) is 5.55. The maximum Gasteiger partial charge on any atom is 0.123 e. The number of nitrogens with two attached hydrogens (primary N) is 1. The second-order valence-corrected chi connectivity index (χ2v) is 3.88. The van der Waals surface area contributed by atoms with Gasteiger partial charge in [-0.25, -0.2) is 4.39 Å². The van der Waals surface area contributed by atoms with Crippen LogP contribution >= 0.6 is 0 Å². The molecule has 0 bridgehead atoms. The van der Waals surface area contributed by atoms with Gasteiger partial charge in [-0.2, -0.15) is 0 Å². The lowest BCUT2D eigenvalue weighted by molar-refractivity contribution is 0.628. The molecule has 2 aromatic carbocycles. The third kappa shape index (κ3) is 3.29. The summed E-state index contributed by atoms with van der Waals surface area (Å²) in [5.74, 6) is -0.220. The van der Waals surface area contributed by atoms with Crippen LogP contribution in [0.1, 0.15) is 11.1 Å². The Hall–Kier alpha value is -1.87. The molecule has 0 aliphatic rings. The summed E-state index contributed by atoms with van der Waals surface area (Å²) in [5.41, 5.74) is 8.73. The predicted octanol–water partition coefficient (Wildman–Crippen LogP) is 2.90. The molecule has 88 valence electrons. The zero-order valence-corrected chi connectivity index (χ0v) is 9.49. The maximum atomic E-state index is 12.7. The molecule has 0 radical (unpaired) electrons. The van der Waals surface area contributed by atoms with Crippen molar-refractivity contribution in [2.45, 2.75) is 13.1 Å². The van der Waals surface area contributed by atoms with Crippen LogP contribution < -0.4 is 11.1 Å². The van der Waals surface area contributed by atoms with Gasteiger partial charge >= 0.3 is 0 Å². The van der Waals surface area contributed by atoms with Crippen LogP contribution in [0.25, 0.3) is 0 Å². The van der Waals surface area contributed by atoms with Crippen molar-refractivity contribution in [1.29, 1.82) is 0 Å². The van der Waals surface area contributed by atoms with Crippen molar-refractivity contribution in [3.8, 4) is 0 Å². The van der Waals surface area contributed by atoms with E-state index in [1.807, 2.05) is 24.3 Å². The minimum atomic E-state index is -0.220. The summed E-state index contributed by atoms with van der Waals surface area (Å²) in [7, 11) is 0. The first kappa shape index (κ1) is 11.6. The molecular weight excluding hydrogens is 215 g/mol. The largest absolute Gasteiger partial charge is 0.381 e. The van der Waals surface area contributed by atoms with Gasteiger partial charge in [0.25, 0.3) is 0 Å². The van der Waals surface area contributed by atoms with E-state index >= 15 is 0 Å². The Morgan fingerprint density at radius 3 is 2.06 bits per heavy atom. The predicted molar refractivity (Wildman–Crippen MR) is 68.1 cm³/mol. The van der Waals surface area contributed by atoms with Gasteiger partial charge in [0.15, 0.2) is 0 Å². The van der Waals surface area contributed by atoms with E-state index in [-0.39, 0.29) is 5.82 Å². The number of rotatable bonds is 4. The van der Waals surface area contributed by atoms with E-state index in [1.165, 1.54) is 17.7 Å². The lowest BCUT2D eigenvalue weighted by Gasteiger charge is -2.07. The molecule has 0 fully saturated rings. The van der Waals surface area contributed by atoms with Crippen molar-refractivity contribution in [3.05, 3.63) is 65.5 Å². The summed E-state index contributed by atoms with van der Waals surface area (Å²) in [5, 5.41) is 3.23. The van der Waals surface area contributed by atoms with Gasteiger partial charge in [0, 0.05) is 18.8 Å². The fourth-order valence-corrected chi connectivity index (χ4v) is 1.57. The van der Waals surface area contributed by atoms with E-state index in [4.69, 9.17) is 5.73 Å². The molecule has 3 N–H and O–H groups in total. The van der Waals surface area contributed by atoms with Crippen LogP contribution in [0.5, 0.6) is 0 Å². The third-order valence-corrected chi connectivity index (χ3v) is 2.60. The molecule has 0 aliphatic carbocycles. The molecule has 0 amide bonds. The fraction of sp³-hybridized carbons (Fsp3) is 0.143.